The summed E-state index contributed by atoms with van der Waals surface area (Å²) in [6.07, 6.45) is 0.694. The Balaban J connectivity index is 2.03. The number of carbonyl (C=O) groups is 1. The molecule has 19 heavy (non-hydrogen) atoms. The van der Waals surface area contributed by atoms with Crippen molar-refractivity contribution in [2.24, 2.45) is 0 Å². The predicted octanol–water partition coefficient (Wildman–Crippen LogP) is 2.68. The normalized spacial score (nSPS) is 10.3. The Labute approximate surface area is 107 Å². The summed E-state index contributed by atoms with van der Waals surface area (Å²) in [4.78, 5) is 15.2. The molecule has 98 valence electrons. The molecule has 0 unspecified atom stereocenters. The van der Waals surface area contributed by atoms with Gasteiger partial charge in [-0.25, -0.2) is 18.2 Å². The molecule has 0 aliphatic carbocycles. The average molecular weight is 266 g/mol. The second-order valence-electron chi connectivity index (χ2n) is 3.82. The van der Waals surface area contributed by atoms with Gasteiger partial charge in [0.2, 0.25) is 5.91 Å². The number of anilines is 1. The molecule has 0 radical (unpaired) electrons. The summed E-state index contributed by atoms with van der Waals surface area (Å²) in [6.45, 7) is 0. The third kappa shape index (κ3) is 3.54. The molecular formula is C13H9F3N2O. The minimum atomic E-state index is -0.790. The summed E-state index contributed by atoms with van der Waals surface area (Å²) in [6, 6.07) is 5.40. The molecule has 0 aliphatic heterocycles. The fourth-order valence-electron chi connectivity index (χ4n) is 1.47. The van der Waals surface area contributed by atoms with Crippen LogP contribution in [-0.2, 0) is 11.2 Å². The summed E-state index contributed by atoms with van der Waals surface area (Å²) < 4.78 is 38.6. The molecule has 1 aromatic carbocycles. The third-order valence-corrected chi connectivity index (χ3v) is 2.36. The van der Waals surface area contributed by atoms with Gasteiger partial charge in [-0.05, 0) is 23.8 Å². The van der Waals surface area contributed by atoms with Gasteiger partial charge in [-0.3, -0.25) is 4.79 Å². The number of rotatable bonds is 3. The first-order valence-corrected chi connectivity index (χ1v) is 5.40. The summed E-state index contributed by atoms with van der Waals surface area (Å²) in [5, 5.41) is 2.38. The molecule has 2 rings (SSSR count). The fourth-order valence-corrected chi connectivity index (χ4v) is 1.47. The van der Waals surface area contributed by atoms with Gasteiger partial charge in [-0.2, -0.15) is 0 Å². The van der Waals surface area contributed by atoms with Gasteiger partial charge in [0.1, 0.15) is 23.3 Å². The maximum absolute atomic E-state index is 13.3. The highest BCUT2D eigenvalue weighted by Crippen LogP contribution is 2.11. The van der Waals surface area contributed by atoms with Crippen LogP contribution in [0.5, 0.6) is 0 Å². The Morgan fingerprint density at radius 1 is 1.11 bits per heavy atom. The average Bonchev–Trinajstić information content (AvgIpc) is 2.36. The zero-order chi connectivity index (χ0) is 13.8. The second kappa shape index (κ2) is 5.51. The number of halogens is 3. The third-order valence-electron chi connectivity index (χ3n) is 2.36. The molecule has 0 fully saturated rings. The van der Waals surface area contributed by atoms with Crippen LogP contribution in [0.2, 0.25) is 0 Å². The molecule has 1 heterocycles. The van der Waals surface area contributed by atoms with Crippen LogP contribution in [0, 0.1) is 17.5 Å². The summed E-state index contributed by atoms with van der Waals surface area (Å²) in [5.41, 5.74) is 0.0704. The van der Waals surface area contributed by atoms with Crippen LogP contribution >= 0.6 is 0 Å². The number of hydrogen-bond acceptors (Lipinski definition) is 2. The summed E-state index contributed by atoms with van der Waals surface area (Å²) in [7, 11) is 0. The van der Waals surface area contributed by atoms with E-state index in [4.69, 9.17) is 0 Å². The summed E-state index contributed by atoms with van der Waals surface area (Å²) >= 11 is 0. The van der Waals surface area contributed by atoms with Gasteiger partial charge in [0.25, 0.3) is 0 Å². The second-order valence-corrected chi connectivity index (χ2v) is 3.82. The fraction of sp³-hybridized carbons (Fsp3) is 0.0769. The van der Waals surface area contributed by atoms with E-state index in [0.29, 0.717) is 6.07 Å². The van der Waals surface area contributed by atoms with Crippen molar-refractivity contribution in [3.63, 3.8) is 0 Å². The van der Waals surface area contributed by atoms with Gasteiger partial charge < -0.3 is 5.32 Å². The molecule has 2 aromatic rings. The van der Waals surface area contributed by atoms with Gasteiger partial charge in [-0.15, -0.1) is 0 Å². The zero-order valence-electron chi connectivity index (χ0n) is 9.66. The van der Waals surface area contributed by atoms with Gasteiger partial charge in [0.15, 0.2) is 0 Å². The number of carbonyl (C=O) groups excluding carboxylic acids is 1. The van der Waals surface area contributed by atoms with E-state index in [-0.39, 0.29) is 17.8 Å². The van der Waals surface area contributed by atoms with E-state index in [1.54, 1.807) is 0 Å². The number of hydrogen-bond donors (Lipinski definition) is 1. The van der Waals surface area contributed by atoms with Gasteiger partial charge in [-0.1, -0.05) is 6.07 Å². The largest absolute Gasteiger partial charge is 0.310 e. The van der Waals surface area contributed by atoms with Crippen molar-refractivity contribution in [3.8, 4) is 0 Å². The van der Waals surface area contributed by atoms with Crippen LogP contribution in [0.1, 0.15) is 5.56 Å². The molecule has 1 aromatic heterocycles. The van der Waals surface area contributed by atoms with Gasteiger partial charge in [0.05, 0.1) is 12.6 Å². The Morgan fingerprint density at radius 3 is 2.47 bits per heavy atom. The van der Waals surface area contributed by atoms with Crippen LogP contribution in [-0.4, -0.2) is 10.9 Å². The lowest BCUT2D eigenvalue weighted by molar-refractivity contribution is -0.115. The van der Waals surface area contributed by atoms with Crippen molar-refractivity contribution < 1.29 is 18.0 Å². The van der Waals surface area contributed by atoms with Gasteiger partial charge in [0, 0.05) is 6.07 Å². The zero-order valence-corrected chi connectivity index (χ0v) is 9.66. The van der Waals surface area contributed by atoms with Crippen molar-refractivity contribution in [2.45, 2.75) is 6.42 Å². The topological polar surface area (TPSA) is 42.0 Å². The molecule has 1 amide bonds. The van der Waals surface area contributed by atoms with Crippen molar-refractivity contribution in [2.75, 3.05) is 5.32 Å². The maximum atomic E-state index is 13.3. The molecule has 0 saturated heterocycles. The lowest BCUT2D eigenvalue weighted by Crippen LogP contribution is -2.16. The molecule has 0 bridgehead atoms. The minimum absolute atomic E-state index is 0.0704. The van der Waals surface area contributed by atoms with Crippen molar-refractivity contribution in [1.29, 1.82) is 0 Å². The highest BCUT2D eigenvalue weighted by Gasteiger charge is 2.10. The molecule has 1 N–H and O–H groups in total. The monoisotopic (exact) mass is 266 g/mol. The van der Waals surface area contributed by atoms with Crippen LogP contribution in [0.4, 0.5) is 19.0 Å². The van der Waals surface area contributed by atoms with Crippen LogP contribution in [0.3, 0.4) is 0 Å². The molecule has 0 spiro atoms. The number of amides is 1. The summed E-state index contributed by atoms with van der Waals surface area (Å²) in [5.74, 6) is -2.38. The van der Waals surface area contributed by atoms with E-state index in [1.165, 1.54) is 12.1 Å². The van der Waals surface area contributed by atoms with Crippen LogP contribution < -0.4 is 5.32 Å². The quantitative estimate of drug-likeness (QED) is 0.928. The molecule has 3 nitrogen and oxygen atoms in total. The van der Waals surface area contributed by atoms with Crippen molar-refractivity contribution in [1.82, 2.24) is 4.98 Å². The van der Waals surface area contributed by atoms with Crippen molar-refractivity contribution in [3.05, 3.63) is 59.5 Å². The van der Waals surface area contributed by atoms with E-state index >= 15 is 0 Å². The minimum Gasteiger partial charge on any atom is -0.310 e. The highest BCUT2D eigenvalue weighted by molar-refractivity contribution is 5.91. The SMILES string of the molecule is O=C(Cc1ccc(F)cc1F)Nc1ccc(F)cn1. The first-order chi connectivity index (χ1) is 9.04. The molecule has 0 saturated carbocycles. The van der Waals surface area contributed by atoms with E-state index in [0.717, 1.165) is 18.3 Å². The molecular weight excluding hydrogens is 257 g/mol. The van der Waals surface area contributed by atoms with Crippen molar-refractivity contribution >= 4 is 11.7 Å². The Hall–Kier alpha value is -2.37. The van der Waals surface area contributed by atoms with E-state index in [2.05, 4.69) is 10.3 Å². The van der Waals surface area contributed by atoms with E-state index < -0.39 is 23.4 Å². The number of aromatic nitrogens is 1. The molecule has 0 atom stereocenters. The maximum Gasteiger partial charge on any atom is 0.230 e. The molecule has 6 heteroatoms. The first kappa shape index (κ1) is 13.1. The van der Waals surface area contributed by atoms with Gasteiger partial charge >= 0.3 is 0 Å². The number of nitrogens with one attached hydrogen (secondary N) is 1. The first-order valence-electron chi connectivity index (χ1n) is 5.40. The van der Waals surface area contributed by atoms with E-state index in [1.807, 2.05) is 0 Å². The standard InChI is InChI=1S/C13H9F3N2O/c14-9-2-1-8(11(16)6-9)5-13(19)18-12-4-3-10(15)7-17-12/h1-4,6-7H,5H2,(H,17,18,19). The lowest BCUT2D eigenvalue weighted by atomic mass is 10.1. The number of nitrogens with zero attached hydrogens (tertiary/aromatic N) is 1. The predicted molar refractivity (Wildman–Crippen MR) is 62.9 cm³/mol. The van der Waals surface area contributed by atoms with Crippen LogP contribution in [0.25, 0.3) is 0 Å². The molecule has 0 aliphatic rings. The number of pyridine rings is 1. The van der Waals surface area contributed by atoms with Crippen LogP contribution in [0.15, 0.2) is 36.5 Å². The highest BCUT2D eigenvalue weighted by atomic mass is 19.1. The Kier molecular flexibility index (Phi) is 3.79. The Morgan fingerprint density at radius 2 is 1.84 bits per heavy atom. The lowest BCUT2D eigenvalue weighted by Gasteiger charge is -2.05. The van der Waals surface area contributed by atoms with E-state index in [9.17, 15) is 18.0 Å². The number of benzene rings is 1. The Bertz CT molecular complexity index is 599. The smallest absolute Gasteiger partial charge is 0.230 e.